The van der Waals surface area contributed by atoms with E-state index in [4.69, 9.17) is 4.74 Å². The van der Waals surface area contributed by atoms with Crippen LogP contribution in [0.5, 0.6) is 0 Å². The Hall–Kier alpha value is -1.09. The fraction of sp³-hybridized carbons (Fsp3) is 0.571. The van der Waals surface area contributed by atoms with Gasteiger partial charge in [0.1, 0.15) is 16.5 Å². The molecule has 1 heterocycles. The van der Waals surface area contributed by atoms with E-state index >= 15 is 0 Å². The van der Waals surface area contributed by atoms with Gasteiger partial charge in [0.15, 0.2) is 0 Å². The summed E-state index contributed by atoms with van der Waals surface area (Å²) in [5.41, 5.74) is -0.272. The van der Waals surface area contributed by atoms with Crippen LogP contribution >= 0.6 is 0 Å². The molecule has 124 valence electrons. The maximum atomic E-state index is 13.5. The van der Waals surface area contributed by atoms with Crippen LogP contribution in [0.1, 0.15) is 13.8 Å². The van der Waals surface area contributed by atoms with Crippen LogP contribution in [0.3, 0.4) is 0 Å². The summed E-state index contributed by atoms with van der Waals surface area (Å²) in [5.74, 6) is -1.77. The Bertz CT molecular complexity index is 635. The number of morpholine rings is 1. The summed E-state index contributed by atoms with van der Waals surface area (Å²) in [7, 11) is -4.07. The van der Waals surface area contributed by atoms with Crippen molar-refractivity contribution in [3.63, 3.8) is 0 Å². The molecule has 8 heteroatoms. The van der Waals surface area contributed by atoms with Gasteiger partial charge in [0.05, 0.1) is 12.2 Å². The number of halogens is 2. The standard InChI is InChI=1S/C14H20F2N2O3S/c1-14(2)10-18(7-8-21-14)6-5-17-22(19,20)13-9-11(15)3-4-12(13)16/h3-4,9,17H,5-8,10H2,1-2H3. The molecule has 1 saturated heterocycles. The predicted octanol–water partition coefficient (Wildman–Crippen LogP) is 1.35. The minimum absolute atomic E-state index is 0.119. The molecule has 0 bridgehead atoms. The fourth-order valence-corrected chi connectivity index (χ4v) is 3.51. The molecule has 1 N–H and O–H groups in total. The molecule has 1 aliphatic heterocycles. The molecular formula is C14H20F2N2O3S. The summed E-state index contributed by atoms with van der Waals surface area (Å²) in [6, 6.07) is 2.36. The van der Waals surface area contributed by atoms with E-state index in [1.54, 1.807) is 0 Å². The quantitative estimate of drug-likeness (QED) is 0.883. The second kappa shape index (κ2) is 6.57. The molecule has 1 aromatic carbocycles. The molecule has 0 saturated carbocycles. The Labute approximate surface area is 129 Å². The molecular weight excluding hydrogens is 314 g/mol. The Morgan fingerprint density at radius 1 is 1.36 bits per heavy atom. The lowest BCUT2D eigenvalue weighted by Gasteiger charge is -2.38. The van der Waals surface area contributed by atoms with Crippen molar-refractivity contribution in [2.75, 3.05) is 32.8 Å². The molecule has 1 aromatic rings. The third-order valence-electron chi connectivity index (χ3n) is 3.41. The van der Waals surface area contributed by atoms with Crippen LogP contribution in [-0.4, -0.2) is 51.7 Å². The van der Waals surface area contributed by atoms with Gasteiger partial charge in [-0.05, 0) is 32.0 Å². The summed E-state index contributed by atoms with van der Waals surface area (Å²) >= 11 is 0. The van der Waals surface area contributed by atoms with E-state index in [0.717, 1.165) is 12.1 Å². The monoisotopic (exact) mass is 334 g/mol. The molecule has 0 aromatic heterocycles. The summed E-state index contributed by atoms with van der Waals surface area (Å²) in [4.78, 5) is 1.39. The predicted molar refractivity (Wildman–Crippen MR) is 78.0 cm³/mol. The molecule has 0 amide bonds. The summed E-state index contributed by atoms with van der Waals surface area (Å²) in [6.45, 7) is 6.50. The molecule has 1 fully saturated rings. The Kier molecular flexibility index (Phi) is 5.16. The van der Waals surface area contributed by atoms with Crippen LogP contribution in [-0.2, 0) is 14.8 Å². The van der Waals surface area contributed by atoms with Crippen LogP contribution in [0.4, 0.5) is 8.78 Å². The van der Waals surface area contributed by atoms with E-state index in [0.29, 0.717) is 32.3 Å². The van der Waals surface area contributed by atoms with Gasteiger partial charge in [-0.3, -0.25) is 4.90 Å². The summed E-state index contributed by atoms with van der Waals surface area (Å²) < 4.78 is 58.5. The van der Waals surface area contributed by atoms with Crippen molar-refractivity contribution in [2.45, 2.75) is 24.3 Å². The molecule has 0 spiro atoms. The zero-order valence-corrected chi connectivity index (χ0v) is 13.4. The summed E-state index contributed by atoms with van der Waals surface area (Å²) in [6.07, 6.45) is 0. The van der Waals surface area contributed by atoms with Crippen molar-refractivity contribution in [2.24, 2.45) is 0 Å². The highest BCUT2D eigenvalue weighted by Gasteiger charge is 2.27. The molecule has 5 nitrogen and oxygen atoms in total. The first kappa shape index (κ1) is 17.3. The normalized spacial score (nSPS) is 19.3. The second-order valence-corrected chi connectivity index (χ2v) is 7.59. The number of hydrogen-bond donors (Lipinski definition) is 1. The van der Waals surface area contributed by atoms with E-state index in [2.05, 4.69) is 9.62 Å². The number of sulfonamides is 1. The number of nitrogens with one attached hydrogen (secondary N) is 1. The van der Waals surface area contributed by atoms with Crippen LogP contribution in [0.25, 0.3) is 0 Å². The number of hydrogen-bond acceptors (Lipinski definition) is 4. The van der Waals surface area contributed by atoms with Crippen LogP contribution in [0, 0.1) is 11.6 Å². The number of ether oxygens (including phenoxy) is 1. The van der Waals surface area contributed by atoms with Crippen molar-refractivity contribution in [1.82, 2.24) is 9.62 Å². The number of nitrogens with zero attached hydrogens (tertiary/aromatic N) is 1. The van der Waals surface area contributed by atoms with Gasteiger partial charge >= 0.3 is 0 Å². The summed E-state index contributed by atoms with van der Waals surface area (Å²) in [5, 5.41) is 0. The zero-order valence-electron chi connectivity index (χ0n) is 12.6. The highest BCUT2D eigenvalue weighted by Crippen LogP contribution is 2.17. The second-order valence-electron chi connectivity index (χ2n) is 5.86. The van der Waals surface area contributed by atoms with E-state index < -0.39 is 26.6 Å². The fourth-order valence-electron chi connectivity index (χ4n) is 2.40. The maximum Gasteiger partial charge on any atom is 0.243 e. The topological polar surface area (TPSA) is 58.6 Å². The highest BCUT2D eigenvalue weighted by atomic mass is 32.2. The van der Waals surface area contributed by atoms with Gasteiger partial charge in [0.25, 0.3) is 0 Å². The Morgan fingerprint density at radius 3 is 2.77 bits per heavy atom. The van der Waals surface area contributed by atoms with Crippen molar-refractivity contribution < 1.29 is 21.9 Å². The van der Waals surface area contributed by atoms with E-state index in [9.17, 15) is 17.2 Å². The van der Waals surface area contributed by atoms with Gasteiger partial charge in [0, 0.05) is 26.2 Å². The van der Waals surface area contributed by atoms with Crippen LogP contribution in [0.2, 0.25) is 0 Å². The van der Waals surface area contributed by atoms with Gasteiger partial charge < -0.3 is 4.74 Å². The number of rotatable bonds is 5. The average Bonchev–Trinajstić information content (AvgIpc) is 2.40. The number of benzene rings is 1. The van der Waals surface area contributed by atoms with Crippen molar-refractivity contribution in [3.05, 3.63) is 29.8 Å². The largest absolute Gasteiger partial charge is 0.373 e. The van der Waals surface area contributed by atoms with Gasteiger partial charge in [-0.1, -0.05) is 0 Å². The van der Waals surface area contributed by atoms with E-state index in [-0.39, 0.29) is 12.1 Å². The lowest BCUT2D eigenvalue weighted by Crippen LogP contribution is -2.50. The third-order valence-corrected chi connectivity index (χ3v) is 4.88. The Morgan fingerprint density at radius 2 is 2.09 bits per heavy atom. The molecule has 2 rings (SSSR count). The van der Waals surface area contributed by atoms with Gasteiger partial charge in [-0.15, -0.1) is 0 Å². The van der Waals surface area contributed by atoms with E-state index in [1.807, 2.05) is 13.8 Å². The molecule has 1 aliphatic rings. The van der Waals surface area contributed by atoms with Gasteiger partial charge in [-0.25, -0.2) is 21.9 Å². The van der Waals surface area contributed by atoms with Crippen LogP contribution < -0.4 is 4.72 Å². The molecule has 0 radical (unpaired) electrons. The first-order valence-corrected chi connectivity index (χ1v) is 8.49. The van der Waals surface area contributed by atoms with Crippen molar-refractivity contribution in [3.8, 4) is 0 Å². The van der Waals surface area contributed by atoms with Gasteiger partial charge in [-0.2, -0.15) is 0 Å². The maximum absolute atomic E-state index is 13.5. The first-order chi connectivity index (χ1) is 10.2. The molecule has 0 unspecified atom stereocenters. The molecule has 0 aliphatic carbocycles. The van der Waals surface area contributed by atoms with Gasteiger partial charge in [0.2, 0.25) is 10.0 Å². The molecule has 22 heavy (non-hydrogen) atoms. The van der Waals surface area contributed by atoms with Crippen molar-refractivity contribution in [1.29, 1.82) is 0 Å². The Balaban J connectivity index is 1.94. The van der Waals surface area contributed by atoms with Crippen LogP contribution in [0.15, 0.2) is 23.1 Å². The third kappa shape index (κ3) is 4.45. The SMILES string of the molecule is CC1(C)CN(CCNS(=O)(=O)c2cc(F)ccc2F)CCO1. The van der Waals surface area contributed by atoms with E-state index in [1.165, 1.54) is 0 Å². The minimum atomic E-state index is -4.07. The first-order valence-electron chi connectivity index (χ1n) is 7.01. The lowest BCUT2D eigenvalue weighted by atomic mass is 10.1. The average molecular weight is 334 g/mol. The molecule has 0 atom stereocenters. The smallest absolute Gasteiger partial charge is 0.243 e. The lowest BCUT2D eigenvalue weighted by molar-refractivity contribution is -0.0851. The van der Waals surface area contributed by atoms with Crippen molar-refractivity contribution >= 4 is 10.0 Å². The highest BCUT2D eigenvalue weighted by molar-refractivity contribution is 7.89. The zero-order chi connectivity index (χ0) is 16.4. The minimum Gasteiger partial charge on any atom is -0.373 e.